The molecule has 4 rings (SSSR count). The molecule has 6 nitrogen and oxygen atoms in total. The van der Waals surface area contributed by atoms with Crippen molar-refractivity contribution in [2.45, 2.75) is 17.0 Å². The third-order valence-corrected chi connectivity index (χ3v) is 6.80. The van der Waals surface area contributed by atoms with Gasteiger partial charge < -0.3 is 20.7 Å². The maximum Gasteiger partial charge on any atom is 0.206 e. The van der Waals surface area contributed by atoms with Crippen LogP contribution >= 0.6 is 34.7 Å². The van der Waals surface area contributed by atoms with Crippen LogP contribution in [-0.2, 0) is 6.54 Å². The molecule has 2 aromatic heterocycles. The molecule has 0 amide bonds. The van der Waals surface area contributed by atoms with Gasteiger partial charge in [-0.05, 0) is 23.8 Å². The highest BCUT2D eigenvalue weighted by Crippen LogP contribution is 2.27. The first kappa shape index (κ1) is 20.0. The quantitative estimate of drug-likeness (QED) is 0.275. The van der Waals surface area contributed by atoms with E-state index in [9.17, 15) is 5.11 Å². The van der Waals surface area contributed by atoms with Crippen molar-refractivity contribution in [3.05, 3.63) is 65.3 Å². The highest BCUT2D eigenvalue weighted by Gasteiger charge is 2.11. The minimum absolute atomic E-state index is 0.418. The normalized spacial score (nSPS) is 12.2. The zero-order valence-corrected chi connectivity index (χ0v) is 17.8. The van der Waals surface area contributed by atoms with Gasteiger partial charge >= 0.3 is 0 Å². The van der Waals surface area contributed by atoms with E-state index in [0.29, 0.717) is 23.9 Å². The summed E-state index contributed by atoms with van der Waals surface area (Å²) in [5.74, 6) is 0.522. The number of nitrogens with one attached hydrogen (secondary N) is 3. The molecule has 0 aliphatic heterocycles. The number of hydrogen-bond donors (Lipinski definition) is 4. The molecule has 2 aromatic carbocycles. The lowest BCUT2D eigenvalue weighted by molar-refractivity contribution is 0.213. The Morgan fingerprint density at radius 2 is 1.93 bits per heavy atom. The van der Waals surface area contributed by atoms with Crippen molar-refractivity contribution in [3.8, 4) is 0 Å². The highest BCUT2D eigenvalue weighted by atomic mass is 35.5. The van der Waals surface area contributed by atoms with E-state index in [1.807, 2.05) is 42.6 Å². The SMILES string of the molecule is O[C@H](CNc1ccccc1Cl)CSc1nnc(NCc2c[nH]c3ccccc23)s1. The number of anilines is 2. The molecule has 4 N–H and O–H groups in total. The summed E-state index contributed by atoms with van der Waals surface area (Å²) in [4.78, 5) is 3.27. The third kappa shape index (κ3) is 5.22. The van der Waals surface area contributed by atoms with Crippen LogP contribution in [0.15, 0.2) is 59.1 Å². The largest absolute Gasteiger partial charge is 0.390 e. The molecule has 0 radical (unpaired) electrons. The van der Waals surface area contributed by atoms with Crippen molar-refractivity contribution < 1.29 is 5.11 Å². The molecule has 0 saturated heterocycles. The summed E-state index contributed by atoms with van der Waals surface area (Å²) in [6, 6.07) is 15.7. The number of hydrogen-bond acceptors (Lipinski definition) is 7. The molecule has 1 atom stereocenters. The number of para-hydroxylation sites is 2. The van der Waals surface area contributed by atoms with Crippen LogP contribution in [0.25, 0.3) is 10.9 Å². The van der Waals surface area contributed by atoms with Crippen LogP contribution in [0.1, 0.15) is 5.56 Å². The van der Waals surface area contributed by atoms with E-state index in [0.717, 1.165) is 20.7 Å². The predicted octanol–water partition coefficient (Wildman–Crippen LogP) is 4.85. The zero-order chi connectivity index (χ0) is 20.1. The lowest BCUT2D eigenvalue weighted by atomic mass is 10.2. The van der Waals surface area contributed by atoms with Gasteiger partial charge in [-0.15, -0.1) is 10.2 Å². The van der Waals surface area contributed by atoms with E-state index in [1.165, 1.54) is 34.0 Å². The summed E-state index contributed by atoms with van der Waals surface area (Å²) in [6.45, 7) is 1.09. The predicted molar refractivity (Wildman–Crippen MR) is 122 cm³/mol. The fraction of sp³-hybridized carbons (Fsp3) is 0.200. The first-order chi connectivity index (χ1) is 14.2. The number of thioether (sulfide) groups is 1. The minimum atomic E-state index is -0.525. The first-order valence-corrected chi connectivity index (χ1v) is 11.3. The van der Waals surface area contributed by atoms with Gasteiger partial charge in [0.1, 0.15) is 0 Å². The Kier molecular flexibility index (Phi) is 6.56. The van der Waals surface area contributed by atoms with Gasteiger partial charge in [-0.25, -0.2) is 0 Å². The third-order valence-electron chi connectivity index (χ3n) is 4.31. The molecular weight excluding hydrogens is 426 g/mol. The smallest absolute Gasteiger partial charge is 0.206 e. The number of aliphatic hydroxyl groups is 1. The molecule has 2 heterocycles. The molecule has 0 unspecified atom stereocenters. The second-order valence-electron chi connectivity index (χ2n) is 6.41. The average molecular weight is 446 g/mol. The number of aromatic amines is 1. The molecule has 9 heteroatoms. The van der Waals surface area contributed by atoms with E-state index in [2.05, 4.69) is 37.9 Å². The number of aliphatic hydroxyl groups excluding tert-OH is 1. The summed E-state index contributed by atoms with van der Waals surface area (Å²) < 4.78 is 0.822. The standard InChI is InChI=1S/C20H20ClN5OS2/c21-16-6-2-4-8-18(16)23-11-14(27)12-28-20-26-25-19(29-20)24-10-13-9-22-17-7-3-1-5-15(13)17/h1-9,14,22-23,27H,10-12H2,(H,24,25)/t14-/m1/s1. The van der Waals surface area contributed by atoms with E-state index in [-0.39, 0.29) is 0 Å². The van der Waals surface area contributed by atoms with Gasteiger partial charge in [0.2, 0.25) is 5.13 Å². The van der Waals surface area contributed by atoms with Crippen molar-refractivity contribution in [2.75, 3.05) is 22.9 Å². The average Bonchev–Trinajstić information content (AvgIpc) is 3.37. The Labute approximate surface area is 181 Å². The van der Waals surface area contributed by atoms with Crippen molar-refractivity contribution in [3.63, 3.8) is 0 Å². The summed E-state index contributed by atoms with van der Waals surface area (Å²) in [7, 11) is 0. The van der Waals surface area contributed by atoms with Crippen molar-refractivity contribution >= 4 is 56.4 Å². The van der Waals surface area contributed by atoms with Crippen molar-refractivity contribution in [1.82, 2.24) is 15.2 Å². The fourth-order valence-corrected chi connectivity index (χ4v) is 4.75. The molecule has 29 heavy (non-hydrogen) atoms. The number of halogens is 1. The Morgan fingerprint density at radius 1 is 1.10 bits per heavy atom. The fourth-order valence-electron chi connectivity index (χ4n) is 2.85. The molecule has 0 spiro atoms. The molecule has 0 fully saturated rings. The van der Waals surface area contributed by atoms with Gasteiger partial charge in [0.05, 0.1) is 16.8 Å². The van der Waals surface area contributed by atoms with E-state index in [1.54, 1.807) is 0 Å². The van der Waals surface area contributed by atoms with Crippen LogP contribution in [-0.4, -0.2) is 38.7 Å². The van der Waals surface area contributed by atoms with Crippen molar-refractivity contribution in [1.29, 1.82) is 0 Å². The van der Waals surface area contributed by atoms with Crippen LogP contribution in [0.4, 0.5) is 10.8 Å². The van der Waals surface area contributed by atoms with Gasteiger partial charge in [-0.3, -0.25) is 0 Å². The summed E-state index contributed by atoms with van der Waals surface area (Å²) in [6.07, 6.45) is 1.49. The maximum atomic E-state index is 10.2. The highest BCUT2D eigenvalue weighted by molar-refractivity contribution is 8.01. The number of benzene rings is 2. The lowest BCUT2D eigenvalue weighted by Gasteiger charge is -2.12. The molecule has 150 valence electrons. The van der Waals surface area contributed by atoms with Crippen molar-refractivity contribution in [2.24, 2.45) is 0 Å². The van der Waals surface area contributed by atoms with Crippen LogP contribution in [0.5, 0.6) is 0 Å². The van der Waals surface area contributed by atoms with Crippen LogP contribution < -0.4 is 10.6 Å². The van der Waals surface area contributed by atoms with E-state index in [4.69, 9.17) is 11.6 Å². The number of fused-ring (bicyclic) bond motifs is 1. The Hall–Kier alpha value is -2.26. The number of nitrogens with zero attached hydrogens (tertiary/aromatic N) is 2. The van der Waals surface area contributed by atoms with Gasteiger partial charge in [0.25, 0.3) is 0 Å². The molecule has 0 saturated carbocycles. The Bertz CT molecular complexity index is 1080. The Balaban J connectivity index is 1.24. The van der Waals surface area contributed by atoms with Gasteiger partial charge in [0.15, 0.2) is 4.34 Å². The van der Waals surface area contributed by atoms with Crippen LogP contribution in [0, 0.1) is 0 Å². The Morgan fingerprint density at radius 3 is 2.83 bits per heavy atom. The molecule has 0 bridgehead atoms. The van der Waals surface area contributed by atoms with Gasteiger partial charge in [-0.1, -0.05) is 65.0 Å². The van der Waals surface area contributed by atoms with Gasteiger partial charge in [0, 0.05) is 35.9 Å². The summed E-state index contributed by atoms with van der Waals surface area (Å²) in [5, 5.41) is 27.7. The van der Waals surface area contributed by atoms with Crippen LogP contribution in [0.2, 0.25) is 5.02 Å². The summed E-state index contributed by atoms with van der Waals surface area (Å²) in [5.41, 5.74) is 3.13. The number of aromatic nitrogens is 3. The van der Waals surface area contributed by atoms with E-state index < -0.39 is 6.10 Å². The monoisotopic (exact) mass is 445 g/mol. The van der Waals surface area contributed by atoms with Gasteiger partial charge in [-0.2, -0.15) is 0 Å². The minimum Gasteiger partial charge on any atom is -0.390 e. The first-order valence-electron chi connectivity index (χ1n) is 9.10. The molecule has 0 aliphatic carbocycles. The molecule has 4 aromatic rings. The zero-order valence-electron chi connectivity index (χ0n) is 15.4. The number of rotatable bonds is 9. The second-order valence-corrected chi connectivity index (χ2v) is 9.06. The number of H-pyrrole nitrogens is 1. The van der Waals surface area contributed by atoms with E-state index >= 15 is 0 Å². The topological polar surface area (TPSA) is 85.9 Å². The lowest BCUT2D eigenvalue weighted by Crippen LogP contribution is -2.21. The molecular formula is C20H20ClN5OS2. The second kappa shape index (κ2) is 9.49. The van der Waals surface area contributed by atoms with Crippen LogP contribution in [0.3, 0.4) is 0 Å². The maximum absolute atomic E-state index is 10.2. The summed E-state index contributed by atoms with van der Waals surface area (Å²) >= 11 is 9.08. The molecule has 0 aliphatic rings.